The van der Waals surface area contributed by atoms with Crippen LogP contribution < -0.4 is 14.4 Å². The molecule has 1 amide bonds. The molecule has 3 aromatic rings. The molecule has 6 rings (SSSR count). The molecule has 5 nitrogen and oxygen atoms in total. The molecule has 8 heteroatoms. The fourth-order valence-corrected chi connectivity index (χ4v) is 5.48. The van der Waals surface area contributed by atoms with Gasteiger partial charge in [0, 0.05) is 23.7 Å². The third kappa shape index (κ3) is 3.74. The van der Waals surface area contributed by atoms with E-state index in [0.29, 0.717) is 36.1 Å². The van der Waals surface area contributed by atoms with Crippen LogP contribution in [-0.4, -0.2) is 18.1 Å². The van der Waals surface area contributed by atoms with Gasteiger partial charge in [0.2, 0.25) is 11.7 Å². The Balaban J connectivity index is 1.42. The maximum absolute atomic E-state index is 14.3. The number of furan rings is 1. The van der Waals surface area contributed by atoms with Crippen LogP contribution in [0, 0.1) is 5.92 Å². The summed E-state index contributed by atoms with van der Waals surface area (Å²) in [6, 6.07) is 15.2. The van der Waals surface area contributed by atoms with Gasteiger partial charge in [-0.1, -0.05) is 24.3 Å². The van der Waals surface area contributed by atoms with E-state index in [1.54, 1.807) is 0 Å². The number of hydrogen-bond acceptors (Lipinski definition) is 4. The minimum atomic E-state index is -4.59. The van der Waals surface area contributed by atoms with Gasteiger partial charge >= 0.3 is 6.18 Å². The van der Waals surface area contributed by atoms with Crippen molar-refractivity contribution in [3.8, 4) is 11.5 Å². The second kappa shape index (κ2) is 7.79. The smallest absolute Gasteiger partial charge is 0.449 e. The summed E-state index contributed by atoms with van der Waals surface area (Å²) in [5, 5.41) is 0. The van der Waals surface area contributed by atoms with Crippen LogP contribution in [-0.2, 0) is 22.9 Å². The fraction of sp³-hybridized carbons (Fsp3) is 0.393. The monoisotopic (exact) mass is 497 g/mol. The van der Waals surface area contributed by atoms with Crippen LogP contribution in [0.15, 0.2) is 59.0 Å². The molecule has 1 atom stereocenters. The van der Waals surface area contributed by atoms with Crippen molar-refractivity contribution in [2.24, 2.45) is 5.92 Å². The summed E-state index contributed by atoms with van der Waals surface area (Å²) in [6.07, 6.45) is -1.85. The predicted octanol–water partition coefficient (Wildman–Crippen LogP) is 6.48. The van der Waals surface area contributed by atoms with Crippen molar-refractivity contribution in [1.82, 2.24) is 0 Å². The predicted molar refractivity (Wildman–Crippen MR) is 126 cm³/mol. The molecule has 1 aromatic heterocycles. The molecule has 0 N–H and O–H groups in total. The van der Waals surface area contributed by atoms with Gasteiger partial charge in [-0.15, -0.1) is 0 Å². The van der Waals surface area contributed by atoms with E-state index in [9.17, 15) is 18.0 Å². The summed E-state index contributed by atoms with van der Waals surface area (Å²) in [6.45, 7) is 4.44. The molecule has 0 saturated heterocycles. The van der Waals surface area contributed by atoms with E-state index in [1.807, 2.05) is 56.3 Å². The van der Waals surface area contributed by atoms with Gasteiger partial charge in [0.05, 0.1) is 13.2 Å². The average Bonchev–Trinajstić information content (AvgIpc) is 3.48. The molecule has 0 radical (unpaired) electrons. The van der Waals surface area contributed by atoms with Crippen molar-refractivity contribution in [1.29, 1.82) is 0 Å². The molecule has 1 aliphatic carbocycles. The Kier molecular flexibility index (Phi) is 4.98. The number of carbonyl (C=O) groups is 1. The van der Waals surface area contributed by atoms with E-state index >= 15 is 0 Å². The molecule has 2 aromatic carbocycles. The van der Waals surface area contributed by atoms with Crippen LogP contribution in [0.2, 0.25) is 0 Å². The van der Waals surface area contributed by atoms with Gasteiger partial charge in [0.25, 0.3) is 0 Å². The van der Waals surface area contributed by atoms with E-state index in [4.69, 9.17) is 13.9 Å². The average molecular weight is 498 g/mol. The Bertz CT molecular complexity index is 1340. The highest BCUT2D eigenvalue weighted by Gasteiger charge is 2.58. The summed E-state index contributed by atoms with van der Waals surface area (Å²) >= 11 is 0. The zero-order valence-electron chi connectivity index (χ0n) is 20.0. The lowest BCUT2D eigenvalue weighted by Gasteiger charge is -2.43. The topological polar surface area (TPSA) is 51.9 Å². The van der Waals surface area contributed by atoms with Gasteiger partial charge < -0.3 is 18.8 Å². The SMILES string of the molecule is CC1(C)CC2(C(=O)N(Cc3ccc(C(F)(F)F)o3)c3ccccc32)c2ccc(OCC3CC3)cc2O1. The Morgan fingerprint density at radius 2 is 1.83 bits per heavy atom. The zero-order chi connectivity index (χ0) is 25.3. The quantitative estimate of drug-likeness (QED) is 0.405. The largest absolute Gasteiger partial charge is 0.493 e. The minimum absolute atomic E-state index is 0.0675. The highest BCUT2D eigenvalue weighted by Crippen LogP contribution is 2.56. The Labute approximate surface area is 206 Å². The standard InChI is InChI=1S/C28H26F3NO4/c1-26(2)16-27(21-11-9-18(13-23(21)36-26)34-15-17-7-8-17)20-5-3-4-6-22(20)32(25(27)33)14-19-10-12-24(35-19)28(29,30)31/h3-6,9-13,17H,7-8,14-16H2,1-2H3. The molecule has 1 unspecified atom stereocenters. The molecule has 1 saturated carbocycles. The fourth-order valence-electron chi connectivity index (χ4n) is 5.48. The second-order valence-electron chi connectivity index (χ2n) is 10.5. The molecule has 1 spiro atoms. The summed E-state index contributed by atoms with van der Waals surface area (Å²) < 4.78 is 56.7. The van der Waals surface area contributed by atoms with Gasteiger partial charge in [0.15, 0.2) is 0 Å². The number of para-hydroxylation sites is 1. The number of amides is 1. The first-order chi connectivity index (χ1) is 17.1. The van der Waals surface area contributed by atoms with Crippen molar-refractivity contribution >= 4 is 11.6 Å². The highest BCUT2D eigenvalue weighted by molar-refractivity contribution is 6.11. The lowest BCUT2D eigenvalue weighted by molar-refractivity contribution is -0.153. The van der Waals surface area contributed by atoms with E-state index in [0.717, 1.165) is 17.2 Å². The first-order valence-corrected chi connectivity index (χ1v) is 12.1. The van der Waals surface area contributed by atoms with Crippen LogP contribution in [0.25, 0.3) is 0 Å². The van der Waals surface area contributed by atoms with Gasteiger partial charge in [-0.2, -0.15) is 13.2 Å². The van der Waals surface area contributed by atoms with E-state index < -0.39 is 23.0 Å². The number of rotatable bonds is 5. The summed E-state index contributed by atoms with van der Waals surface area (Å²) in [5.41, 5.74) is 0.486. The number of fused-ring (bicyclic) bond motifs is 4. The normalized spacial score (nSPS) is 22.4. The van der Waals surface area contributed by atoms with Crippen LogP contribution in [0.4, 0.5) is 18.9 Å². The molecular weight excluding hydrogens is 471 g/mol. The number of benzene rings is 2. The van der Waals surface area contributed by atoms with Crippen molar-refractivity contribution in [2.75, 3.05) is 11.5 Å². The van der Waals surface area contributed by atoms with E-state index in [1.165, 1.54) is 23.8 Å². The van der Waals surface area contributed by atoms with Gasteiger partial charge in [-0.05, 0) is 62.4 Å². The summed E-state index contributed by atoms with van der Waals surface area (Å²) in [4.78, 5) is 15.8. The van der Waals surface area contributed by atoms with Crippen molar-refractivity contribution < 1.29 is 31.9 Å². The molecule has 36 heavy (non-hydrogen) atoms. The number of carbonyl (C=O) groups excluding carboxylic acids is 1. The molecule has 2 aliphatic heterocycles. The van der Waals surface area contributed by atoms with Gasteiger partial charge in [-0.25, -0.2) is 0 Å². The number of nitrogens with zero attached hydrogens (tertiary/aromatic N) is 1. The van der Waals surface area contributed by atoms with Crippen molar-refractivity contribution in [2.45, 2.75) is 56.8 Å². The summed E-state index contributed by atoms with van der Waals surface area (Å²) in [7, 11) is 0. The van der Waals surface area contributed by atoms with Gasteiger partial charge in [-0.3, -0.25) is 4.79 Å². The van der Waals surface area contributed by atoms with Crippen LogP contribution in [0.5, 0.6) is 11.5 Å². The third-order valence-electron chi connectivity index (χ3n) is 7.19. The first kappa shape index (κ1) is 23.0. The number of anilines is 1. The molecule has 3 heterocycles. The van der Waals surface area contributed by atoms with E-state index in [-0.39, 0.29) is 18.2 Å². The van der Waals surface area contributed by atoms with Crippen molar-refractivity contribution in [3.63, 3.8) is 0 Å². The van der Waals surface area contributed by atoms with Gasteiger partial charge in [0.1, 0.15) is 28.3 Å². The first-order valence-electron chi connectivity index (χ1n) is 12.1. The Morgan fingerprint density at radius 3 is 2.56 bits per heavy atom. The minimum Gasteiger partial charge on any atom is -0.493 e. The molecule has 3 aliphatic rings. The molecular formula is C28H26F3NO4. The maximum atomic E-state index is 14.3. The number of halogens is 3. The third-order valence-corrected chi connectivity index (χ3v) is 7.19. The molecule has 188 valence electrons. The lowest BCUT2D eigenvalue weighted by atomic mass is 9.67. The summed E-state index contributed by atoms with van der Waals surface area (Å²) in [5.74, 6) is 0.654. The number of hydrogen-bond donors (Lipinski definition) is 0. The van der Waals surface area contributed by atoms with E-state index in [2.05, 4.69) is 0 Å². The number of alkyl halides is 3. The van der Waals surface area contributed by atoms with Crippen LogP contribution in [0.1, 0.15) is 55.8 Å². The zero-order valence-corrected chi connectivity index (χ0v) is 20.0. The maximum Gasteiger partial charge on any atom is 0.449 e. The second-order valence-corrected chi connectivity index (χ2v) is 10.5. The highest BCUT2D eigenvalue weighted by atomic mass is 19.4. The lowest BCUT2D eigenvalue weighted by Crippen LogP contribution is -2.50. The van der Waals surface area contributed by atoms with Crippen LogP contribution in [0.3, 0.4) is 0 Å². The van der Waals surface area contributed by atoms with Crippen LogP contribution >= 0.6 is 0 Å². The molecule has 1 fully saturated rings. The molecule has 0 bridgehead atoms. The Morgan fingerprint density at radius 1 is 1.06 bits per heavy atom. The Hall–Kier alpha value is -3.42. The number of ether oxygens (including phenoxy) is 2. The van der Waals surface area contributed by atoms with Crippen molar-refractivity contribution in [3.05, 3.63) is 77.2 Å².